The lowest BCUT2D eigenvalue weighted by atomic mass is 9.95. The van der Waals surface area contributed by atoms with Crippen molar-refractivity contribution in [2.75, 3.05) is 13.7 Å². The number of ether oxygens (including phenoxy) is 2. The number of aromatic nitrogens is 3. The molecule has 7 heteroatoms. The van der Waals surface area contributed by atoms with Crippen molar-refractivity contribution in [1.29, 1.82) is 0 Å². The Morgan fingerprint density at radius 2 is 2.26 bits per heavy atom. The molecular formula is C20H20N4O3. The Balaban J connectivity index is 1.39. The molecule has 0 aliphatic carbocycles. The van der Waals surface area contributed by atoms with Crippen molar-refractivity contribution < 1.29 is 14.3 Å². The third-order valence-corrected chi connectivity index (χ3v) is 4.59. The number of fused-ring (bicyclic) bond motifs is 1. The zero-order valence-electron chi connectivity index (χ0n) is 15.0. The molecule has 27 heavy (non-hydrogen) atoms. The van der Waals surface area contributed by atoms with E-state index in [1.54, 1.807) is 25.8 Å². The molecule has 0 radical (unpaired) electrons. The first-order valence-corrected chi connectivity index (χ1v) is 8.73. The molecule has 0 spiro atoms. The minimum absolute atomic E-state index is 0.0236. The maximum atomic E-state index is 12.6. The van der Waals surface area contributed by atoms with Gasteiger partial charge in [0.05, 0.1) is 13.0 Å². The third kappa shape index (κ3) is 3.76. The second kappa shape index (κ2) is 7.49. The molecule has 0 saturated carbocycles. The number of imidazole rings is 1. The van der Waals surface area contributed by atoms with Gasteiger partial charge in [-0.25, -0.2) is 9.97 Å². The van der Waals surface area contributed by atoms with Crippen LogP contribution in [0.25, 0.3) is 5.82 Å². The maximum Gasteiger partial charge on any atom is 0.227 e. The minimum atomic E-state index is -0.223. The van der Waals surface area contributed by atoms with Crippen LogP contribution in [0.2, 0.25) is 0 Å². The molecule has 3 aromatic rings. The molecule has 1 amide bonds. The van der Waals surface area contributed by atoms with E-state index in [2.05, 4.69) is 15.3 Å². The third-order valence-electron chi connectivity index (χ3n) is 4.59. The van der Waals surface area contributed by atoms with E-state index in [9.17, 15) is 4.79 Å². The summed E-state index contributed by atoms with van der Waals surface area (Å²) in [4.78, 5) is 20.9. The Morgan fingerprint density at radius 1 is 1.33 bits per heavy atom. The Labute approximate surface area is 157 Å². The summed E-state index contributed by atoms with van der Waals surface area (Å²) in [5.74, 6) is 2.10. The molecule has 1 N–H and O–H groups in total. The summed E-state index contributed by atoms with van der Waals surface area (Å²) in [5.41, 5.74) is 1.97. The average Bonchev–Trinajstić information content (AvgIpc) is 3.26. The molecule has 1 unspecified atom stereocenters. The normalized spacial score (nSPS) is 15.5. The van der Waals surface area contributed by atoms with E-state index in [0.29, 0.717) is 19.6 Å². The summed E-state index contributed by atoms with van der Waals surface area (Å²) >= 11 is 0. The number of hydrogen-bond donors (Lipinski definition) is 1. The van der Waals surface area contributed by atoms with Crippen molar-refractivity contribution in [3.05, 3.63) is 66.4 Å². The van der Waals surface area contributed by atoms with Crippen LogP contribution in [0.1, 0.15) is 11.1 Å². The van der Waals surface area contributed by atoms with Crippen molar-refractivity contribution in [1.82, 2.24) is 19.9 Å². The van der Waals surface area contributed by atoms with Gasteiger partial charge in [-0.15, -0.1) is 0 Å². The second-order valence-corrected chi connectivity index (χ2v) is 6.40. The number of hydrogen-bond acceptors (Lipinski definition) is 5. The summed E-state index contributed by atoms with van der Waals surface area (Å²) < 4.78 is 12.8. The van der Waals surface area contributed by atoms with Crippen molar-refractivity contribution >= 4 is 5.91 Å². The number of nitrogens with one attached hydrogen (secondary N) is 1. The molecule has 4 rings (SSSR count). The highest BCUT2D eigenvalue weighted by molar-refractivity contribution is 5.79. The first-order valence-electron chi connectivity index (χ1n) is 8.73. The molecule has 7 nitrogen and oxygen atoms in total. The largest absolute Gasteiger partial charge is 0.497 e. The lowest BCUT2D eigenvalue weighted by Crippen LogP contribution is -2.37. The molecule has 0 fully saturated rings. The van der Waals surface area contributed by atoms with Crippen LogP contribution in [0, 0.1) is 5.92 Å². The van der Waals surface area contributed by atoms with Gasteiger partial charge in [-0.05, 0) is 47.9 Å². The Hall–Kier alpha value is -3.35. The number of carbonyl (C=O) groups is 1. The van der Waals surface area contributed by atoms with Gasteiger partial charge in [0.1, 0.15) is 30.3 Å². The van der Waals surface area contributed by atoms with E-state index in [-0.39, 0.29) is 11.8 Å². The second-order valence-electron chi connectivity index (χ2n) is 6.40. The number of methoxy groups -OCH3 is 1. The topological polar surface area (TPSA) is 78.3 Å². The average molecular weight is 364 g/mol. The number of amides is 1. The number of rotatable bonds is 5. The lowest BCUT2D eigenvalue weighted by molar-refractivity contribution is -0.126. The van der Waals surface area contributed by atoms with Crippen LogP contribution < -0.4 is 14.8 Å². The smallest absolute Gasteiger partial charge is 0.227 e. The van der Waals surface area contributed by atoms with Crippen LogP contribution in [0.3, 0.4) is 0 Å². The van der Waals surface area contributed by atoms with Gasteiger partial charge in [-0.1, -0.05) is 0 Å². The van der Waals surface area contributed by atoms with Gasteiger partial charge in [-0.3, -0.25) is 9.36 Å². The fourth-order valence-electron chi connectivity index (χ4n) is 3.11. The van der Waals surface area contributed by atoms with Gasteiger partial charge in [-0.2, -0.15) is 0 Å². The van der Waals surface area contributed by atoms with Crippen molar-refractivity contribution in [3.8, 4) is 17.3 Å². The van der Waals surface area contributed by atoms with Crippen molar-refractivity contribution in [3.63, 3.8) is 0 Å². The first kappa shape index (κ1) is 17.1. The molecule has 1 aliphatic heterocycles. The number of nitrogens with zero attached hydrogens (tertiary/aromatic N) is 3. The molecule has 0 bridgehead atoms. The summed E-state index contributed by atoms with van der Waals surface area (Å²) in [7, 11) is 1.63. The van der Waals surface area contributed by atoms with Gasteiger partial charge in [0.2, 0.25) is 5.91 Å². The Kier molecular flexibility index (Phi) is 4.74. The zero-order valence-corrected chi connectivity index (χ0v) is 15.0. The summed E-state index contributed by atoms with van der Waals surface area (Å²) in [5, 5.41) is 3.00. The van der Waals surface area contributed by atoms with E-state index >= 15 is 0 Å². The standard InChI is InChI=1S/C20H20N4O3/c1-26-17-2-3-18-15(10-17)9-16(12-27-18)20(25)23-11-14-4-5-22-19(8-14)24-7-6-21-13-24/h2-8,10,13,16H,9,11-12H2,1H3,(H,23,25). The SMILES string of the molecule is COc1ccc2c(c1)CC(C(=O)NCc1ccnc(-n3ccnc3)c1)CO2. The molecule has 1 aliphatic rings. The molecular weight excluding hydrogens is 344 g/mol. The monoisotopic (exact) mass is 364 g/mol. The quantitative estimate of drug-likeness (QED) is 0.750. The minimum Gasteiger partial charge on any atom is -0.497 e. The molecule has 1 atom stereocenters. The predicted octanol–water partition coefficient (Wildman–Crippen LogP) is 2.14. The van der Waals surface area contributed by atoms with Crippen molar-refractivity contribution in [2.24, 2.45) is 5.92 Å². The van der Waals surface area contributed by atoms with Crippen LogP contribution in [0.4, 0.5) is 0 Å². The Bertz CT molecular complexity index is 940. The summed E-state index contributed by atoms with van der Waals surface area (Å²) in [6, 6.07) is 9.49. The molecule has 138 valence electrons. The number of benzene rings is 1. The van der Waals surface area contributed by atoms with Gasteiger partial charge < -0.3 is 14.8 Å². The van der Waals surface area contributed by atoms with E-state index in [1.165, 1.54) is 0 Å². The summed E-state index contributed by atoms with van der Waals surface area (Å²) in [6.45, 7) is 0.812. The fraction of sp³-hybridized carbons (Fsp3) is 0.250. The van der Waals surface area contributed by atoms with Crippen LogP contribution in [0.15, 0.2) is 55.2 Å². The highest BCUT2D eigenvalue weighted by Gasteiger charge is 2.26. The van der Waals surface area contributed by atoms with E-state index in [0.717, 1.165) is 28.4 Å². The Morgan fingerprint density at radius 3 is 3.07 bits per heavy atom. The zero-order chi connectivity index (χ0) is 18.6. The highest BCUT2D eigenvalue weighted by atomic mass is 16.5. The predicted molar refractivity (Wildman–Crippen MR) is 98.9 cm³/mol. The van der Waals surface area contributed by atoms with Gasteiger partial charge in [0.25, 0.3) is 0 Å². The molecule has 0 saturated heterocycles. The fourth-order valence-corrected chi connectivity index (χ4v) is 3.11. The molecule has 1 aromatic carbocycles. The van der Waals surface area contributed by atoms with Gasteiger partial charge in [0, 0.05) is 25.1 Å². The lowest BCUT2D eigenvalue weighted by Gasteiger charge is -2.25. The van der Waals surface area contributed by atoms with Gasteiger partial charge in [0.15, 0.2) is 0 Å². The van der Waals surface area contributed by atoms with E-state index in [1.807, 2.05) is 41.1 Å². The highest BCUT2D eigenvalue weighted by Crippen LogP contribution is 2.30. The van der Waals surface area contributed by atoms with Gasteiger partial charge >= 0.3 is 0 Å². The van der Waals surface area contributed by atoms with E-state index < -0.39 is 0 Å². The number of carbonyl (C=O) groups excluding carboxylic acids is 1. The van der Waals surface area contributed by atoms with E-state index in [4.69, 9.17) is 9.47 Å². The van der Waals surface area contributed by atoms with Crippen LogP contribution in [-0.4, -0.2) is 34.2 Å². The summed E-state index contributed by atoms with van der Waals surface area (Å²) in [6.07, 6.45) is 7.58. The van der Waals surface area contributed by atoms with Crippen LogP contribution in [0.5, 0.6) is 11.5 Å². The number of pyridine rings is 1. The van der Waals surface area contributed by atoms with Crippen LogP contribution >= 0.6 is 0 Å². The maximum absolute atomic E-state index is 12.6. The molecule has 2 aromatic heterocycles. The first-order chi connectivity index (χ1) is 13.2. The van der Waals surface area contributed by atoms with Crippen LogP contribution in [-0.2, 0) is 17.8 Å². The molecule has 3 heterocycles. The van der Waals surface area contributed by atoms with Crippen molar-refractivity contribution in [2.45, 2.75) is 13.0 Å².